The lowest BCUT2D eigenvalue weighted by molar-refractivity contribution is -0.379. The number of aliphatic hydroxyl groups is 1. The maximum Gasteiger partial charge on any atom is 0.338 e. The van der Waals surface area contributed by atoms with Crippen molar-refractivity contribution in [2.24, 2.45) is 11.3 Å². The molecule has 1 aromatic rings. The van der Waals surface area contributed by atoms with Crippen LogP contribution in [0.4, 0.5) is 0 Å². The zero-order valence-electron chi connectivity index (χ0n) is 14.6. The number of esters is 2. The van der Waals surface area contributed by atoms with E-state index in [9.17, 15) is 14.7 Å². The quantitative estimate of drug-likeness (QED) is 0.836. The number of carbonyl (C=O) groups excluding carboxylic acids is 2. The molecule has 1 heterocycles. The van der Waals surface area contributed by atoms with Gasteiger partial charge in [-0.2, -0.15) is 0 Å². The Kier molecular flexibility index (Phi) is 3.19. The van der Waals surface area contributed by atoms with E-state index in [4.69, 9.17) is 14.2 Å². The zero-order chi connectivity index (χ0) is 18.1. The molecule has 5 atom stereocenters. The van der Waals surface area contributed by atoms with E-state index in [1.165, 1.54) is 7.11 Å². The molecule has 0 spiro atoms. The summed E-state index contributed by atoms with van der Waals surface area (Å²) in [4.78, 5) is 25.2. The Morgan fingerprint density at radius 3 is 2.64 bits per heavy atom. The van der Waals surface area contributed by atoms with Crippen LogP contribution in [0.15, 0.2) is 30.3 Å². The predicted octanol–water partition coefficient (Wildman–Crippen LogP) is 1.71. The van der Waals surface area contributed by atoms with Crippen LogP contribution in [0.1, 0.15) is 37.0 Å². The molecule has 6 nitrogen and oxygen atoms in total. The van der Waals surface area contributed by atoms with E-state index in [1.807, 2.05) is 13.8 Å². The molecule has 3 aliphatic rings. The first-order chi connectivity index (χ1) is 11.8. The van der Waals surface area contributed by atoms with E-state index in [-0.39, 0.29) is 12.5 Å². The van der Waals surface area contributed by atoms with Crippen molar-refractivity contribution >= 4 is 11.9 Å². The zero-order valence-corrected chi connectivity index (χ0v) is 14.6. The van der Waals surface area contributed by atoms with Crippen molar-refractivity contribution in [3.63, 3.8) is 0 Å². The Balaban J connectivity index is 1.70. The lowest BCUT2D eigenvalue weighted by Crippen LogP contribution is -2.88. The standard InChI is InChI=1S/C19H22O6/c1-12-18(22)10-9-16(2)19(12,23-3)17(18,15(21)25-16)11-24-14(20)13-7-5-4-6-8-13/h4-8,12,22H,9-11H2,1-3H3/t12?,16?,17?,18?,19-/m0/s1. The van der Waals surface area contributed by atoms with Crippen LogP contribution in [0.5, 0.6) is 0 Å². The molecular formula is C19H22O6. The second kappa shape index (κ2) is 4.83. The maximum absolute atomic E-state index is 12.8. The van der Waals surface area contributed by atoms with Gasteiger partial charge in [-0.25, -0.2) is 4.79 Å². The van der Waals surface area contributed by atoms with Crippen LogP contribution >= 0.6 is 0 Å². The summed E-state index contributed by atoms with van der Waals surface area (Å²) in [6, 6.07) is 8.56. The Hall–Kier alpha value is -1.92. The van der Waals surface area contributed by atoms with Crippen molar-refractivity contribution in [1.29, 1.82) is 0 Å². The fourth-order valence-electron chi connectivity index (χ4n) is 5.71. The van der Waals surface area contributed by atoms with Crippen molar-refractivity contribution in [2.75, 3.05) is 13.7 Å². The van der Waals surface area contributed by atoms with Gasteiger partial charge >= 0.3 is 11.9 Å². The second-order valence-corrected chi connectivity index (χ2v) is 7.55. The summed E-state index contributed by atoms with van der Waals surface area (Å²) in [5.74, 6) is -1.38. The van der Waals surface area contributed by atoms with Gasteiger partial charge < -0.3 is 19.3 Å². The summed E-state index contributed by atoms with van der Waals surface area (Å²) in [6.07, 6.45) is 0.923. The van der Waals surface area contributed by atoms with Gasteiger partial charge in [0.25, 0.3) is 0 Å². The van der Waals surface area contributed by atoms with E-state index in [1.54, 1.807) is 30.3 Å². The van der Waals surface area contributed by atoms with Crippen LogP contribution in [-0.4, -0.2) is 47.6 Å². The lowest BCUT2D eigenvalue weighted by Gasteiger charge is -2.72. The van der Waals surface area contributed by atoms with Gasteiger partial charge in [0.2, 0.25) is 0 Å². The highest BCUT2D eigenvalue weighted by Crippen LogP contribution is 2.77. The third kappa shape index (κ3) is 1.54. The van der Waals surface area contributed by atoms with Gasteiger partial charge in [-0.05, 0) is 31.9 Å². The van der Waals surface area contributed by atoms with Crippen LogP contribution in [-0.2, 0) is 19.0 Å². The smallest absolute Gasteiger partial charge is 0.338 e. The number of benzene rings is 1. The van der Waals surface area contributed by atoms with Gasteiger partial charge in [0, 0.05) is 13.0 Å². The van der Waals surface area contributed by atoms with E-state index >= 15 is 0 Å². The van der Waals surface area contributed by atoms with Crippen molar-refractivity contribution in [3.05, 3.63) is 35.9 Å². The molecule has 3 fully saturated rings. The van der Waals surface area contributed by atoms with E-state index in [0.29, 0.717) is 18.4 Å². The topological polar surface area (TPSA) is 82.1 Å². The minimum Gasteiger partial charge on any atom is -0.461 e. The molecule has 6 heteroatoms. The van der Waals surface area contributed by atoms with E-state index < -0.39 is 34.2 Å². The van der Waals surface area contributed by atoms with Gasteiger partial charge in [-0.3, -0.25) is 4.79 Å². The first kappa shape index (κ1) is 16.5. The molecule has 25 heavy (non-hydrogen) atoms. The Labute approximate surface area is 146 Å². The highest BCUT2D eigenvalue weighted by Gasteiger charge is 2.94. The lowest BCUT2D eigenvalue weighted by atomic mass is 9.34. The summed E-state index contributed by atoms with van der Waals surface area (Å²) in [5.41, 5.74) is -4.12. The number of methoxy groups -OCH3 is 1. The van der Waals surface area contributed by atoms with Crippen LogP contribution in [0.2, 0.25) is 0 Å². The Morgan fingerprint density at radius 1 is 1.32 bits per heavy atom. The van der Waals surface area contributed by atoms with Gasteiger partial charge in [-0.1, -0.05) is 25.1 Å². The summed E-state index contributed by atoms with van der Waals surface area (Å²) in [6.45, 7) is 3.44. The van der Waals surface area contributed by atoms with Gasteiger partial charge in [0.1, 0.15) is 17.8 Å². The summed E-state index contributed by atoms with van der Waals surface area (Å²) in [5, 5.41) is 11.2. The molecule has 2 bridgehead atoms. The summed E-state index contributed by atoms with van der Waals surface area (Å²) >= 11 is 0. The number of ether oxygens (including phenoxy) is 3. The maximum atomic E-state index is 12.8. The third-order valence-electron chi connectivity index (χ3n) is 6.89. The van der Waals surface area contributed by atoms with Gasteiger partial charge in [-0.15, -0.1) is 0 Å². The number of hydrogen-bond acceptors (Lipinski definition) is 6. The third-order valence-corrected chi connectivity index (χ3v) is 6.89. The second-order valence-electron chi connectivity index (χ2n) is 7.55. The minimum absolute atomic E-state index is 0.260. The summed E-state index contributed by atoms with van der Waals surface area (Å²) < 4.78 is 17.0. The number of carbonyl (C=O) groups is 2. The van der Waals surface area contributed by atoms with Crippen LogP contribution in [0.25, 0.3) is 0 Å². The molecule has 0 aromatic heterocycles. The first-order valence-electron chi connectivity index (χ1n) is 8.52. The average Bonchev–Trinajstić information content (AvgIpc) is 2.75. The van der Waals surface area contributed by atoms with Crippen molar-refractivity contribution in [2.45, 2.75) is 43.5 Å². The SMILES string of the molecule is CO[C@@]12C(C)C3(O)CCC1(C)OC(=O)C32COC(=O)c1ccccc1. The fourth-order valence-corrected chi connectivity index (χ4v) is 5.71. The molecule has 2 aliphatic carbocycles. The van der Waals surface area contributed by atoms with Crippen molar-refractivity contribution in [1.82, 2.24) is 0 Å². The number of hydrogen-bond donors (Lipinski definition) is 1. The highest BCUT2D eigenvalue weighted by atomic mass is 16.6. The Morgan fingerprint density at radius 2 is 2.00 bits per heavy atom. The molecule has 1 N–H and O–H groups in total. The van der Waals surface area contributed by atoms with E-state index in [0.717, 1.165) is 0 Å². The molecule has 4 unspecified atom stereocenters. The monoisotopic (exact) mass is 346 g/mol. The molecule has 4 rings (SSSR count). The average molecular weight is 346 g/mol. The molecule has 1 saturated heterocycles. The molecule has 2 saturated carbocycles. The molecule has 1 aliphatic heterocycles. The number of fused-ring (bicyclic) bond motifs is 2. The van der Waals surface area contributed by atoms with Crippen LogP contribution < -0.4 is 0 Å². The van der Waals surface area contributed by atoms with Crippen LogP contribution in [0, 0.1) is 11.3 Å². The molecular weight excluding hydrogens is 324 g/mol. The molecule has 1 aromatic carbocycles. The summed E-state index contributed by atoms with van der Waals surface area (Å²) in [7, 11) is 1.52. The van der Waals surface area contributed by atoms with Crippen molar-refractivity contribution in [3.8, 4) is 0 Å². The van der Waals surface area contributed by atoms with E-state index in [2.05, 4.69) is 0 Å². The molecule has 134 valence electrons. The fraction of sp³-hybridized carbons (Fsp3) is 0.579. The normalized spacial score (nSPS) is 44.0. The Bertz CT molecular complexity index is 748. The first-order valence-corrected chi connectivity index (χ1v) is 8.52. The number of rotatable bonds is 4. The predicted molar refractivity (Wildman–Crippen MR) is 86.7 cm³/mol. The highest BCUT2D eigenvalue weighted by molar-refractivity contribution is 5.91. The molecule has 0 radical (unpaired) electrons. The van der Waals surface area contributed by atoms with Crippen LogP contribution in [0.3, 0.4) is 0 Å². The largest absolute Gasteiger partial charge is 0.461 e. The van der Waals surface area contributed by atoms with Gasteiger partial charge in [0.05, 0.1) is 11.2 Å². The minimum atomic E-state index is -1.38. The van der Waals surface area contributed by atoms with Gasteiger partial charge in [0.15, 0.2) is 5.41 Å². The molecule has 0 amide bonds. The van der Waals surface area contributed by atoms with Crippen molar-refractivity contribution < 1.29 is 28.9 Å².